The second-order valence-corrected chi connectivity index (χ2v) is 6.30. The Morgan fingerprint density at radius 1 is 1.30 bits per heavy atom. The highest BCUT2D eigenvalue weighted by molar-refractivity contribution is 7.98. The van der Waals surface area contributed by atoms with Crippen molar-refractivity contribution in [3.63, 3.8) is 0 Å². The summed E-state index contributed by atoms with van der Waals surface area (Å²) in [4.78, 5) is 13.2. The highest BCUT2D eigenvalue weighted by atomic mass is 32.2. The lowest BCUT2D eigenvalue weighted by atomic mass is 10.1. The molecule has 1 fully saturated rings. The lowest BCUT2D eigenvalue weighted by molar-refractivity contribution is -0.121. The minimum atomic E-state index is 0.0591. The Kier molecular flexibility index (Phi) is 5.92. The van der Waals surface area contributed by atoms with Crippen molar-refractivity contribution in [1.82, 2.24) is 10.6 Å². The zero-order valence-electron chi connectivity index (χ0n) is 12.3. The Hall–Kier alpha value is -1.00. The number of carbonyl (C=O) groups is 1. The van der Waals surface area contributed by atoms with E-state index in [1.807, 2.05) is 6.92 Å². The predicted octanol–water partition coefficient (Wildman–Crippen LogP) is 3.12. The van der Waals surface area contributed by atoms with E-state index in [0.717, 1.165) is 5.56 Å². The van der Waals surface area contributed by atoms with E-state index in [9.17, 15) is 4.79 Å². The van der Waals surface area contributed by atoms with Crippen LogP contribution < -0.4 is 10.6 Å². The number of hydrogen-bond acceptors (Lipinski definition) is 3. The van der Waals surface area contributed by atoms with Gasteiger partial charge in [0.05, 0.1) is 12.6 Å². The van der Waals surface area contributed by atoms with Gasteiger partial charge in [0.15, 0.2) is 0 Å². The van der Waals surface area contributed by atoms with Crippen molar-refractivity contribution in [1.29, 1.82) is 0 Å². The summed E-state index contributed by atoms with van der Waals surface area (Å²) in [6.45, 7) is 2.46. The normalized spacial score (nSPS) is 17.1. The van der Waals surface area contributed by atoms with Crippen LogP contribution in [0.1, 0.15) is 44.2 Å². The molecule has 0 radical (unpaired) electrons. The number of hydrogen-bond donors (Lipinski definition) is 2. The third-order valence-electron chi connectivity index (χ3n) is 3.90. The topological polar surface area (TPSA) is 41.1 Å². The molecule has 1 aliphatic rings. The smallest absolute Gasteiger partial charge is 0.234 e. The summed E-state index contributed by atoms with van der Waals surface area (Å²) in [5.74, 6) is 0.0818. The van der Waals surface area contributed by atoms with Gasteiger partial charge in [-0.1, -0.05) is 25.0 Å². The summed E-state index contributed by atoms with van der Waals surface area (Å²) in [5.41, 5.74) is 1.15. The molecule has 2 N–H and O–H groups in total. The molecule has 1 unspecified atom stereocenters. The molecule has 1 aliphatic carbocycles. The number of amides is 1. The van der Waals surface area contributed by atoms with E-state index in [2.05, 4.69) is 41.2 Å². The van der Waals surface area contributed by atoms with Crippen LogP contribution in [0.3, 0.4) is 0 Å². The van der Waals surface area contributed by atoms with E-state index in [4.69, 9.17) is 0 Å². The Labute approximate surface area is 125 Å². The van der Waals surface area contributed by atoms with Crippen molar-refractivity contribution in [2.75, 3.05) is 12.8 Å². The van der Waals surface area contributed by atoms with Crippen LogP contribution in [-0.2, 0) is 4.79 Å². The summed E-state index contributed by atoms with van der Waals surface area (Å²) in [7, 11) is 0. The number of rotatable bonds is 6. The molecular weight excluding hydrogens is 268 g/mol. The van der Waals surface area contributed by atoms with Gasteiger partial charge in [-0.05, 0) is 43.7 Å². The molecule has 0 saturated heterocycles. The van der Waals surface area contributed by atoms with Gasteiger partial charge in [0, 0.05) is 10.9 Å². The molecule has 3 nitrogen and oxygen atoms in total. The van der Waals surface area contributed by atoms with E-state index in [1.54, 1.807) is 11.8 Å². The summed E-state index contributed by atoms with van der Waals surface area (Å²) < 4.78 is 0. The quantitative estimate of drug-likeness (QED) is 0.792. The van der Waals surface area contributed by atoms with Crippen molar-refractivity contribution in [3.05, 3.63) is 29.8 Å². The Morgan fingerprint density at radius 2 is 1.95 bits per heavy atom. The summed E-state index contributed by atoms with van der Waals surface area (Å²) in [5, 5.41) is 6.39. The monoisotopic (exact) mass is 292 g/mol. The van der Waals surface area contributed by atoms with Gasteiger partial charge in [0.25, 0.3) is 0 Å². The maximum Gasteiger partial charge on any atom is 0.234 e. The second kappa shape index (κ2) is 7.70. The molecule has 1 amide bonds. The Morgan fingerprint density at radius 3 is 2.55 bits per heavy atom. The van der Waals surface area contributed by atoms with Crippen molar-refractivity contribution < 1.29 is 4.79 Å². The van der Waals surface area contributed by atoms with E-state index >= 15 is 0 Å². The molecule has 1 aromatic carbocycles. The summed E-state index contributed by atoms with van der Waals surface area (Å²) in [6, 6.07) is 8.96. The second-order valence-electron chi connectivity index (χ2n) is 5.42. The number of thioether (sulfide) groups is 1. The molecule has 1 aromatic rings. The van der Waals surface area contributed by atoms with Crippen LogP contribution in [0.15, 0.2) is 29.2 Å². The van der Waals surface area contributed by atoms with Crippen molar-refractivity contribution in [2.24, 2.45) is 0 Å². The van der Waals surface area contributed by atoms with E-state index in [1.165, 1.54) is 30.6 Å². The van der Waals surface area contributed by atoms with Crippen molar-refractivity contribution >= 4 is 17.7 Å². The average Bonchev–Trinajstić information content (AvgIpc) is 2.98. The van der Waals surface area contributed by atoms with Crippen LogP contribution in [0.4, 0.5) is 0 Å². The SMILES string of the molecule is CSc1ccc(C(C)NC(=O)CNC2CCCC2)cc1. The highest BCUT2D eigenvalue weighted by Crippen LogP contribution is 2.19. The summed E-state index contributed by atoms with van der Waals surface area (Å²) >= 11 is 1.73. The van der Waals surface area contributed by atoms with Crippen molar-refractivity contribution in [3.8, 4) is 0 Å². The van der Waals surface area contributed by atoms with Crippen LogP contribution in [0.2, 0.25) is 0 Å². The molecule has 4 heteroatoms. The first kappa shape index (κ1) is 15.4. The van der Waals surface area contributed by atoms with Gasteiger partial charge < -0.3 is 10.6 Å². The van der Waals surface area contributed by atoms with Crippen molar-refractivity contribution in [2.45, 2.75) is 49.6 Å². The zero-order chi connectivity index (χ0) is 14.4. The van der Waals surface area contributed by atoms with Crippen LogP contribution >= 0.6 is 11.8 Å². The van der Waals surface area contributed by atoms with E-state index in [-0.39, 0.29) is 11.9 Å². The Balaban J connectivity index is 1.77. The van der Waals surface area contributed by atoms with Gasteiger partial charge >= 0.3 is 0 Å². The fourth-order valence-electron chi connectivity index (χ4n) is 2.64. The minimum absolute atomic E-state index is 0.0591. The number of nitrogens with one attached hydrogen (secondary N) is 2. The first-order valence-electron chi connectivity index (χ1n) is 7.35. The van der Waals surface area contributed by atoms with Gasteiger partial charge in [-0.2, -0.15) is 0 Å². The van der Waals surface area contributed by atoms with Crippen LogP contribution in [0, 0.1) is 0 Å². The van der Waals surface area contributed by atoms with Gasteiger partial charge in [-0.3, -0.25) is 4.79 Å². The third kappa shape index (κ3) is 4.53. The van der Waals surface area contributed by atoms with E-state index in [0.29, 0.717) is 12.6 Å². The predicted molar refractivity (Wildman–Crippen MR) is 85.0 cm³/mol. The van der Waals surface area contributed by atoms with Gasteiger partial charge in [-0.15, -0.1) is 11.8 Å². The molecule has 1 saturated carbocycles. The molecule has 0 heterocycles. The standard InChI is InChI=1S/C16H24N2OS/c1-12(13-7-9-15(20-2)10-8-13)18-16(19)11-17-14-5-3-4-6-14/h7-10,12,14,17H,3-6,11H2,1-2H3,(H,18,19). The summed E-state index contributed by atoms with van der Waals surface area (Å²) in [6.07, 6.45) is 7.06. The Bertz CT molecular complexity index is 427. The molecule has 0 aromatic heterocycles. The molecule has 20 heavy (non-hydrogen) atoms. The third-order valence-corrected chi connectivity index (χ3v) is 4.64. The van der Waals surface area contributed by atoms with Gasteiger partial charge in [0.2, 0.25) is 5.91 Å². The largest absolute Gasteiger partial charge is 0.348 e. The lowest BCUT2D eigenvalue weighted by Crippen LogP contribution is -2.39. The first-order chi connectivity index (χ1) is 9.69. The van der Waals surface area contributed by atoms with E-state index < -0.39 is 0 Å². The lowest BCUT2D eigenvalue weighted by Gasteiger charge is -2.16. The maximum absolute atomic E-state index is 11.9. The van der Waals surface area contributed by atoms with Crippen LogP contribution in [0.5, 0.6) is 0 Å². The number of carbonyl (C=O) groups excluding carboxylic acids is 1. The average molecular weight is 292 g/mol. The van der Waals surface area contributed by atoms with Gasteiger partial charge in [-0.25, -0.2) is 0 Å². The molecular formula is C16H24N2OS. The first-order valence-corrected chi connectivity index (χ1v) is 8.58. The molecule has 1 atom stereocenters. The van der Waals surface area contributed by atoms with Crippen LogP contribution in [-0.4, -0.2) is 24.7 Å². The molecule has 0 aliphatic heterocycles. The maximum atomic E-state index is 11.9. The molecule has 110 valence electrons. The van der Waals surface area contributed by atoms with Gasteiger partial charge in [0.1, 0.15) is 0 Å². The zero-order valence-corrected chi connectivity index (χ0v) is 13.1. The van der Waals surface area contributed by atoms with Crippen LogP contribution in [0.25, 0.3) is 0 Å². The molecule has 2 rings (SSSR count). The fraction of sp³-hybridized carbons (Fsp3) is 0.562. The fourth-order valence-corrected chi connectivity index (χ4v) is 3.04. The number of benzene rings is 1. The highest BCUT2D eigenvalue weighted by Gasteiger charge is 2.16. The molecule has 0 spiro atoms. The minimum Gasteiger partial charge on any atom is -0.348 e. The molecule has 0 bridgehead atoms.